The molecule has 0 radical (unpaired) electrons. The minimum atomic E-state index is -3.72. The standard InChI is InChI=1S/C20H16BrClN2O4S/c21-18-12-14(22)6-11-19(18)28-13-20(25)23-15-7-9-17(10-8-15)29(26,27)24-16-4-2-1-3-5-16/h1-12,24H,13H2,(H,23,25). The lowest BCUT2D eigenvalue weighted by atomic mass is 10.3. The molecule has 0 unspecified atom stereocenters. The number of anilines is 2. The van der Waals surface area contributed by atoms with Crippen LogP contribution in [0.5, 0.6) is 5.75 Å². The molecule has 3 aromatic carbocycles. The fraction of sp³-hybridized carbons (Fsp3) is 0.0500. The third-order valence-corrected chi connectivity index (χ3v) is 5.98. The molecule has 0 aliphatic heterocycles. The summed E-state index contributed by atoms with van der Waals surface area (Å²) in [6.07, 6.45) is 0. The molecule has 2 N–H and O–H groups in total. The molecule has 0 heterocycles. The molecule has 0 aliphatic rings. The van der Waals surface area contributed by atoms with Crippen LogP contribution in [-0.4, -0.2) is 20.9 Å². The lowest BCUT2D eigenvalue weighted by Crippen LogP contribution is -2.20. The van der Waals surface area contributed by atoms with E-state index in [-0.39, 0.29) is 17.4 Å². The van der Waals surface area contributed by atoms with Crippen LogP contribution < -0.4 is 14.8 Å². The van der Waals surface area contributed by atoms with Gasteiger partial charge in [-0.15, -0.1) is 0 Å². The Morgan fingerprint density at radius 2 is 1.66 bits per heavy atom. The molecular weight excluding hydrogens is 480 g/mol. The van der Waals surface area contributed by atoms with Crippen LogP contribution >= 0.6 is 27.5 Å². The van der Waals surface area contributed by atoms with E-state index in [1.54, 1.807) is 48.5 Å². The third-order valence-electron chi connectivity index (χ3n) is 3.73. The highest BCUT2D eigenvalue weighted by Gasteiger charge is 2.14. The average Bonchev–Trinajstić information content (AvgIpc) is 2.68. The van der Waals surface area contributed by atoms with Gasteiger partial charge in [-0.05, 0) is 70.5 Å². The second-order valence-corrected chi connectivity index (χ2v) is 8.88. The van der Waals surface area contributed by atoms with Gasteiger partial charge in [-0.25, -0.2) is 8.42 Å². The first-order valence-electron chi connectivity index (χ1n) is 8.39. The van der Waals surface area contributed by atoms with E-state index in [0.29, 0.717) is 26.6 Å². The number of hydrogen-bond donors (Lipinski definition) is 2. The molecule has 0 saturated carbocycles. The topological polar surface area (TPSA) is 84.5 Å². The van der Waals surface area contributed by atoms with Gasteiger partial charge in [0.1, 0.15) is 5.75 Å². The molecule has 6 nitrogen and oxygen atoms in total. The lowest BCUT2D eigenvalue weighted by Gasteiger charge is -2.10. The molecule has 0 fully saturated rings. The maximum Gasteiger partial charge on any atom is 0.262 e. The molecule has 3 rings (SSSR count). The minimum Gasteiger partial charge on any atom is -0.483 e. The average molecular weight is 496 g/mol. The van der Waals surface area contributed by atoms with Crippen LogP contribution in [0.3, 0.4) is 0 Å². The monoisotopic (exact) mass is 494 g/mol. The number of rotatable bonds is 7. The van der Waals surface area contributed by atoms with Crippen LogP contribution in [0.4, 0.5) is 11.4 Å². The van der Waals surface area contributed by atoms with Crippen molar-refractivity contribution in [3.63, 3.8) is 0 Å². The van der Waals surface area contributed by atoms with Crippen molar-refractivity contribution in [3.8, 4) is 5.75 Å². The number of nitrogens with one attached hydrogen (secondary N) is 2. The predicted molar refractivity (Wildman–Crippen MR) is 117 cm³/mol. The second kappa shape index (κ2) is 9.30. The molecule has 0 aliphatic carbocycles. The smallest absolute Gasteiger partial charge is 0.262 e. The Hall–Kier alpha value is -2.55. The van der Waals surface area contributed by atoms with Gasteiger partial charge >= 0.3 is 0 Å². The molecule has 9 heteroatoms. The first-order chi connectivity index (χ1) is 13.8. The van der Waals surface area contributed by atoms with Crippen molar-refractivity contribution in [2.45, 2.75) is 4.90 Å². The summed E-state index contributed by atoms with van der Waals surface area (Å²) in [5.74, 6) is 0.0999. The lowest BCUT2D eigenvalue weighted by molar-refractivity contribution is -0.118. The van der Waals surface area contributed by atoms with Crippen LogP contribution in [0.25, 0.3) is 0 Å². The third kappa shape index (κ3) is 5.96. The molecule has 0 aromatic heterocycles. The number of carbonyl (C=O) groups is 1. The van der Waals surface area contributed by atoms with Gasteiger partial charge in [0.2, 0.25) is 0 Å². The summed E-state index contributed by atoms with van der Waals surface area (Å²) < 4.78 is 33.4. The SMILES string of the molecule is O=C(COc1ccc(Cl)cc1Br)Nc1ccc(S(=O)(=O)Nc2ccccc2)cc1. The van der Waals surface area contributed by atoms with Crippen molar-refractivity contribution >= 4 is 54.8 Å². The summed E-state index contributed by atoms with van der Waals surface area (Å²) >= 11 is 9.18. The zero-order valence-electron chi connectivity index (χ0n) is 14.9. The number of amides is 1. The van der Waals surface area contributed by atoms with Gasteiger partial charge in [-0.2, -0.15) is 0 Å². The molecule has 0 spiro atoms. The molecule has 29 heavy (non-hydrogen) atoms. The predicted octanol–water partition coefficient (Wildman–Crippen LogP) is 4.92. The van der Waals surface area contributed by atoms with Crippen molar-refractivity contribution in [2.75, 3.05) is 16.6 Å². The van der Waals surface area contributed by atoms with Gasteiger partial charge in [-0.3, -0.25) is 9.52 Å². The van der Waals surface area contributed by atoms with E-state index >= 15 is 0 Å². The maximum absolute atomic E-state index is 12.4. The van der Waals surface area contributed by atoms with E-state index < -0.39 is 10.0 Å². The Balaban J connectivity index is 1.59. The Morgan fingerprint density at radius 1 is 0.966 bits per heavy atom. The zero-order chi connectivity index (χ0) is 20.9. The van der Waals surface area contributed by atoms with Crippen LogP contribution in [0.1, 0.15) is 0 Å². The van der Waals surface area contributed by atoms with E-state index in [1.807, 2.05) is 0 Å². The summed E-state index contributed by atoms with van der Waals surface area (Å²) in [6, 6.07) is 19.4. The molecular formula is C20H16BrClN2O4S. The van der Waals surface area contributed by atoms with Gasteiger partial charge < -0.3 is 10.1 Å². The number of hydrogen-bond acceptors (Lipinski definition) is 4. The Labute approximate surface area is 182 Å². The highest BCUT2D eigenvalue weighted by molar-refractivity contribution is 9.10. The highest BCUT2D eigenvalue weighted by Crippen LogP contribution is 2.28. The molecule has 0 saturated heterocycles. The number of carbonyl (C=O) groups excluding carboxylic acids is 1. The molecule has 1 amide bonds. The quantitative estimate of drug-likeness (QED) is 0.487. The van der Waals surface area contributed by atoms with Crippen LogP contribution in [0, 0.1) is 0 Å². The van der Waals surface area contributed by atoms with E-state index in [9.17, 15) is 13.2 Å². The summed E-state index contributed by atoms with van der Waals surface area (Å²) in [7, 11) is -3.72. The first-order valence-corrected chi connectivity index (χ1v) is 11.0. The van der Waals surface area contributed by atoms with Gasteiger partial charge in [0, 0.05) is 16.4 Å². The summed E-state index contributed by atoms with van der Waals surface area (Å²) in [6.45, 7) is -0.212. The summed E-state index contributed by atoms with van der Waals surface area (Å²) in [5.41, 5.74) is 0.919. The summed E-state index contributed by atoms with van der Waals surface area (Å²) in [4.78, 5) is 12.2. The fourth-order valence-electron chi connectivity index (χ4n) is 2.37. The second-order valence-electron chi connectivity index (χ2n) is 5.91. The number of ether oxygens (including phenoxy) is 1. The van der Waals surface area contributed by atoms with E-state index in [1.165, 1.54) is 24.3 Å². The van der Waals surface area contributed by atoms with E-state index in [2.05, 4.69) is 26.0 Å². The fourth-order valence-corrected chi connectivity index (χ4v) is 4.23. The molecule has 3 aromatic rings. The van der Waals surface area contributed by atoms with Gasteiger partial charge in [-0.1, -0.05) is 29.8 Å². The Bertz CT molecular complexity index is 1110. The first kappa shape index (κ1) is 21.2. The number of halogens is 2. The van der Waals surface area contributed by atoms with E-state index in [0.717, 1.165) is 0 Å². The van der Waals surface area contributed by atoms with Crippen molar-refractivity contribution in [1.82, 2.24) is 0 Å². The van der Waals surface area contributed by atoms with Crippen LogP contribution in [0.2, 0.25) is 5.02 Å². The van der Waals surface area contributed by atoms with Crippen molar-refractivity contribution in [3.05, 3.63) is 82.3 Å². The van der Waals surface area contributed by atoms with Crippen molar-refractivity contribution < 1.29 is 17.9 Å². The minimum absolute atomic E-state index is 0.0840. The highest BCUT2D eigenvalue weighted by atomic mass is 79.9. The van der Waals surface area contributed by atoms with Gasteiger partial charge in [0.05, 0.1) is 9.37 Å². The normalized spacial score (nSPS) is 11.0. The molecule has 0 atom stereocenters. The Kier molecular flexibility index (Phi) is 6.79. The molecule has 0 bridgehead atoms. The van der Waals surface area contributed by atoms with Crippen molar-refractivity contribution in [2.24, 2.45) is 0 Å². The van der Waals surface area contributed by atoms with Crippen LogP contribution in [-0.2, 0) is 14.8 Å². The van der Waals surface area contributed by atoms with Crippen molar-refractivity contribution in [1.29, 1.82) is 0 Å². The number of benzene rings is 3. The zero-order valence-corrected chi connectivity index (χ0v) is 18.1. The van der Waals surface area contributed by atoms with Gasteiger partial charge in [0.25, 0.3) is 15.9 Å². The van der Waals surface area contributed by atoms with E-state index in [4.69, 9.17) is 16.3 Å². The maximum atomic E-state index is 12.4. The van der Waals surface area contributed by atoms with Gasteiger partial charge in [0.15, 0.2) is 6.61 Å². The summed E-state index contributed by atoms with van der Waals surface area (Å²) in [5, 5.41) is 3.20. The van der Waals surface area contributed by atoms with Crippen LogP contribution in [0.15, 0.2) is 82.2 Å². The largest absolute Gasteiger partial charge is 0.483 e. The number of para-hydroxylation sites is 1. The number of sulfonamides is 1. The Morgan fingerprint density at radius 3 is 2.31 bits per heavy atom. The molecule has 150 valence electrons.